The van der Waals surface area contributed by atoms with Gasteiger partial charge in [0.05, 0.1) is 27.8 Å². The Morgan fingerprint density at radius 2 is 0.862 bits per heavy atom. The molecule has 5 nitrogen and oxygen atoms in total. The van der Waals surface area contributed by atoms with Crippen LogP contribution in [0.2, 0.25) is 0 Å². The second-order valence-corrected chi connectivity index (χ2v) is 14.8. The zero-order valence-electron chi connectivity index (χ0n) is 31.3. The first-order chi connectivity index (χ1) is 28.8. The quantitative estimate of drug-likeness (QED) is 0.177. The molecule has 9 aromatic carbocycles. The van der Waals surface area contributed by atoms with Gasteiger partial charge < -0.3 is 9.13 Å². The van der Waals surface area contributed by atoms with Gasteiger partial charge >= 0.3 is 0 Å². The fourth-order valence-corrected chi connectivity index (χ4v) is 8.89. The third-order valence-corrected chi connectivity index (χ3v) is 11.5. The van der Waals surface area contributed by atoms with E-state index in [2.05, 4.69) is 173 Å². The normalized spacial score (nSPS) is 11.8. The molecule has 0 amide bonds. The Morgan fingerprint density at radius 1 is 0.310 bits per heavy atom. The minimum Gasteiger partial charge on any atom is -0.309 e. The predicted octanol–water partition coefficient (Wildman–Crippen LogP) is 13.4. The van der Waals surface area contributed by atoms with E-state index in [1.54, 1.807) is 0 Å². The van der Waals surface area contributed by atoms with Crippen LogP contribution in [0.1, 0.15) is 0 Å². The molecule has 0 fully saturated rings. The monoisotopic (exact) mass is 739 g/mol. The molecule has 3 aromatic heterocycles. The maximum absolute atomic E-state index is 5.15. The van der Waals surface area contributed by atoms with Crippen LogP contribution >= 0.6 is 0 Å². The molecule has 12 rings (SSSR count). The summed E-state index contributed by atoms with van der Waals surface area (Å²) in [6.07, 6.45) is 0. The van der Waals surface area contributed by atoms with Crippen LogP contribution in [0.4, 0.5) is 0 Å². The van der Waals surface area contributed by atoms with Crippen LogP contribution in [0.3, 0.4) is 0 Å². The number of aromatic nitrogens is 5. The van der Waals surface area contributed by atoms with Gasteiger partial charge in [0, 0.05) is 49.3 Å². The molecule has 0 spiro atoms. The highest BCUT2D eigenvalue weighted by atomic mass is 15.0. The molecule has 0 saturated carbocycles. The highest BCUT2D eigenvalue weighted by molar-refractivity contribution is 6.26. The molecule has 0 aliphatic heterocycles. The van der Waals surface area contributed by atoms with Gasteiger partial charge in [0.2, 0.25) is 0 Å². The van der Waals surface area contributed by atoms with E-state index in [4.69, 9.17) is 15.0 Å². The topological polar surface area (TPSA) is 48.5 Å². The van der Waals surface area contributed by atoms with Crippen molar-refractivity contribution < 1.29 is 0 Å². The molecule has 3 heterocycles. The third-order valence-electron chi connectivity index (χ3n) is 11.5. The molecule has 0 N–H and O–H groups in total. The summed E-state index contributed by atoms with van der Waals surface area (Å²) in [5.41, 5.74) is 9.65. The molecule has 0 bridgehead atoms. The van der Waals surface area contributed by atoms with Gasteiger partial charge in [-0.2, -0.15) is 0 Å². The van der Waals surface area contributed by atoms with Gasteiger partial charge in [-0.15, -0.1) is 0 Å². The Hall–Kier alpha value is -7.89. The van der Waals surface area contributed by atoms with Crippen molar-refractivity contribution in [1.82, 2.24) is 24.1 Å². The Balaban J connectivity index is 1.17. The van der Waals surface area contributed by atoms with Crippen molar-refractivity contribution in [3.05, 3.63) is 200 Å². The van der Waals surface area contributed by atoms with Crippen molar-refractivity contribution >= 4 is 65.2 Å². The lowest BCUT2D eigenvalue weighted by Gasteiger charge is -2.15. The Morgan fingerprint density at radius 3 is 1.57 bits per heavy atom. The van der Waals surface area contributed by atoms with Gasteiger partial charge in [0.15, 0.2) is 17.5 Å². The molecule has 0 aliphatic rings. The highest BCUT2D eigenvalue weighted by Crippen LogP contribution is 2.43. The average Bonchev–Trinajstić information content (AvgIpc) is 3.82. The van der Waals surface area contributed by atoms with Crippen molar-refractivity contribution in [2.24, 2.45) is 0 Å². The predicted molar refractivity (Wildman–Crippen MR) is 240 cm³/mol. The van der Waals surface area contributed by atoms with Crippen LogP contribution in [0, 0.1) is 0 Å². The summed E-state index contributed by atoms with van der Waals surface area (Å²) < 4.78 is 4.90. The van der Waals surface area contributed by atoms with Crippen molar-refractivity contribution in [2.45, 2.75) is 0 Å². The Bertz CT molecular complexity index is 3510. The third kappa shape index (κ3) is 5.00. The zero-order valence-corrected chi connectivity index (χ0v) is 31.3. The largest absolute Gasteiger partial charge is 0.309 e. The lowest BCUT2D eigenvalue weighted by atomic mass is 10.0. The molecular weight excluding hydrogens is 707 g/mol. The standard InChI is InChI=1S/C53H33N5/c1-3-16-35(17-4-1)51-54-52(36-18-5-2-6-19-36)56-53(55-51)39-31-38-21-9-10-22-41(38)48(33-39)58-46-26-14-12-24-44(46)49-47(58)30-29-43-42-23-11-13-25-45(42)57(50(43)49)40-28-27-34-15-7-8-20-37(34)32-40/h1-33H. The number of hydrogen-bond donors (Lipinski definition) is 0. The molecule has 0 unspecified atom stereocenters. The number of rotatable bonds is 5. The van der Waals surface area contributed by atoms with Crippen molar-refractivity contribution in [2.75, 3.05) is 0 Å². The second-order valence-electron chi connectivity index (χ2n) is 14.8. The van der Waals surface area contributed by atoms with Crippen LogP contribution in [0.15, 0.2) is 200 Å². The molecule has 12 aromatic rings. The van der Waals surface area contributed by atoms with Crippen LogP contribution < -0.4 is 0 Å². The summed E-state index contributed by atoms with van der Waals surface area (Å²) >= 11 is 0. The maximum Gasteiger partial charge on any atom is 0.164 e. The van der Waals surface area contributed by atoms with E-state index in [-0.39, 0.29) is 0 Å². The van der Waals surface area contributed by atoms with Gasteiger partial charge in [-0.05, 0) is 58.6 Å². The first-order valence-electron chi connectivity index (χ1n) is 19.6. The van der Waals surface area contributed by atoms with Crippen LogP contribution in [0.25, 0.3) is 111 Å². The number of fused-ring (bicyclic) bond motifs is 9. The SMILES string of the molecule is c1ccc(-c2nc(-c3ccccc3)nc(-c3cc(-n4c5ccccc5c5c4ccc4c6ccccc6n(-c6ccc7ccccc7c6)c45)c4ccccc4c3)n2)cc1. The van der Waals surface area contributed by atoms with Crippen LogP contribution in [-0.2, 0) is 0 Å². The lowest BCUT2D eigenvalue weighted by molar-refractivity contribution is 1.07. The molecule has 58 heavy (non-hydrogen) atoms. The summed E-state index contributed by atoms with van der Waals surface area (Å²) in [5, 5.41) is 9.56. The summed E-state index contributed by atoms with van der Waals surface area (Å²) in [6.45, 7) is 0. The Labute approximate surface area is 333 Å². The first-order valence-corrected chi connectivity index (χ1v) is 19.6. The second kappa shape index (κ2) is 12.8. The number of para-hydroxylation sites is 2. The van der Waals surface area contributed by atoms with Crippen molar-refractivity contribution in [3.63, 3.8) is 0 Å². The van der Waals surface area contributed by atoms with E-state index in [1.165, 1.54) is 43.4 Å². The summed E-state index contributed by atoms with van der Waals surface area (Å²) in [4.78, 5) is 15.3. The number of hydrogen-bond acceptors (Lipinski definition) is 3. The maximum atomic E-state index is 5.15. The van der Waals surface area contributed by atoms with E-state index in [9.17, 15) is 0 Å². The average molecular weight is 740 g/mol. The molecule has 0 aliphatic carbocycles. The highest BCUT2D eigenvalue weighted by Gasteiger charge is 2.23. The van der Waals surface area contributed by atoms with Gasteiger partial charge in [-0.3, -0.25) is 0 Å². The summed E-state index contributed by atoms with van der Waals surface area (Å²) in [6, 6.07) is 71.0. The minimum absolute atomic E-state index is 0.624. The first kappa shape index (κ1) is 32.4. The molecule has 0 atom stereocenters. The van der Waals surface area contributed by atoms with E-state index in [1.807, 2.05) is 36.4 Å². The van der Waals surface area contributed by atoms with Gasteiger partial charge in [0.1, 0.15) is 0 Å². The molecule has 0 saturated heterocycles. The zero-order chi connectivity index (χ0) is 38.2. The van der Waals surface area contributed by atoms with Gasteiger partial charge in [-0.1, -0.05) is 158 Å². The fourth-order valence-electron chi connectivity index (χ4n) is 8.89. The van der Waals surface area contributed by atoms with Gasteiger partial charge in [0.25, 0.3) is 0 Å². The van der Waals surface area contributed by atoms with E-state index < -0.39 is 0 Å². The molecule has 0 radical (unpaired) electrons. The number of nitrogens with zero attached hydrogens (tertiary/aromatic N) is 5. The number of benzene rings is 9. The van der Waals surface area contributed by atoms with E-state index >= 15 is 0 Å². The molecule has 5 heteroatoms. The van der Waals surface area contributed by atoms with Crippen molar-refractivity contribution in [1.29, 1.82) is 0 Å². The van der Waals surface area contributed by atoms with E-state index in [0.29, 0.717) is 17.5 Å². The summed E-state index contributed by atoms with van der Waals surface area (Å²) in [5.74, 6) is 1.90. The molecular formula is C53H33N5. The van der Waals surface area contributed by atoms with E-state index in [0.717, 1.165) is 49.9 Å². The fraction of sp³-hybridized carbons (Fsp3) is 0. The summed E-state index contributed by atoms with van der Waals surface area (Å²) in [7, 11) is 0. The smallest absolute Gasteiger partial charge is 0.164 e. The molecule has 270 valence electrons. The van der Waals surface area contributed by atoms with Crippen LogP contribution in [0.5, 0.6) is 0 Å². The Kier molecular flexibility index (Phi) is 7.16. The van der Waals surface area contributed by atoms with Crippen LogP contribution in [-0.4, -0.2) is 24.1 Å². The minimum atomic E-state index is 0.624. The van der Waals surface area contributed by atoms with Crippen molar-refractivity contribution in [3.8, 4) is 45.5 Å². The lowest BCUT2D eigenvalue weighted by Crippen LogP contribution is -2.02. The van der Waals surface area contributed by atoms with Gasteiger partial charge in [-0.25, -0.2) is 15.0 Å².